The highest BCUT2D eigenvalue weighted by Crippen LogP contribution is 2.27. The van der Waals surface area contributed by atoms with Crippen LogP contribution in [0, 0.1) is 13.8 Å². The molecule has 33 heavy (non-hydrogen) atoms. The predicted molar refractivity (Wildman–Crippen MR) is 117 cm³/mol. The van der Waals surface area contributed by atoms with Gasteiger partial charge in [-0.05, 0) is 50.1 Å². The second kappa shape index (κ2) is 8.89. The van der Waals surface area contributed by atoms with Crippen LogP contribution in [-0.4, -0.2) is 25.5 Å². The highest BCUT2D eigenvalue weighted by molar-refractivity contribution is 5.81. The molecule has 10 heteroatoms. The molecule has 0 aliphatic carbocycles. The molecule has 0 atom stereocenters. The molecule has 0 spiro atoms. The van der Waals surface area contributed by atoms with Gasteiger partial charge in [0.25, 0.3) is 11.6 Å². The van der Waals surface area contributed by atoms with Gasteiger partial charge in [0.05, 0.1) is 11.4 Å². The van der Waals surface area contributed by atoms with Gasteiger partial charge in [0.15, 0.2) is 0 Å². The fraction of sp³-hybridized carbons (Fsp3) is 0.217. The highest BCUT2D eigenvalue weighted by Gasteiger charge is 2.37. The van der Waals surface area contributed by atoms with Gasteiger partial charge >= 0.3 is 6.18 Å². The second-order valence-corrected chi connectivity index (χ2v) is 7.45. The Hall–Kier alpha value is -3.95. The molecule has 0 saturated heterocycles. The molecule has 2 aromatic carbocycles. The maximum absolute atomic E-state index is 13.0. The average Bonchev–Trinajstić information content (AvgIpc) is 3.23. The number of hydrazine groups is 1. The number of anilines is 2. The van der Waals surface area contributed by atoms with Crippen LogP contribution in [0.2, 0.25) is 0 Å². The Morgan fingerprint density at radius 2 is 1.55 bits per heavy atom. The summed E-state index contributed by atoms with van der Waals surface area (Å²) < 4.78 is 40.0. The number of nitrogens with one attached hydrogen (secondary N) is 1. The van der Waals surface area contributed by atoms with Crippen molar-refractivity contribution in [2.45, 2.75) is 32.9 Å². The molecule has 4 aromatic rings. The minimum atomic E-state index is -4.66. The van der Waals surface area contributed by atoms with Crippen LogP contribution in [0.3, 0.4) is 0 Å². The van der Waals surface area contributed by atoms with Crippen LogP contribution >= 0.6 is 0 Å². The molecule has 170 valence electrons. The summed E-state index contributed by atoms with van der Waals surface area (Å²) in [6.07, 6.45) is -4.27. The molecule has 0 aliphatic heterocycles. The van der Waals surface area contributed by atoms with Crippen molar-refractivity contribution in [2.75, 3.05) is 5.01 Å². The van der Waals surface area contributed by atoms with E-state index in [0.717, 1.165) is 15.9 Å². The molecule has 0 bridgehead atoms. The number of carbonyl (C=O) groups excluding carboxylic acids is 1. The first-order valence-electron chi connectivity index (χ1n) is 10.2. The lowest BCUT2D eigenvalue weighted by atomic mass is 10.1. The number of nitrogens with zero attached hydrogens (tertiary/aromatic N) is 5. The molecular formula is C23H21F3N6O. The Labute approximate surface area is 187 Å². The number of aromatic nitrogens is 4. The molecule has 1 amide bonds. The monoisotopic (exact) mass is 454 g/mol. The smallest absolute Gasteiger partial charge is 0.273 e. The molecule has 0 aliphatic rings. The zero-order valence-corrected chi connectivity index (χ0v) is 18.0. The molecule has 0 radical (unpaired) electrons. The lowest BCUT2D eigenvalue weighted by Gasteiger charge is -2.25. The first-order chi connectivity index (χ1) is 15.7. The van der Waals surface area contributed by atoms with Crippen LogP contribution in [0.1, 0.15) is 29.2 Å². The summed E-state index contributed by atoms with van der Waals surface area (Å²) in [4.78, 5) is 20.5. The van der Waals surface area contributed by atoms with Crippen LogP contribution in [0.4, 0.5) is 24.5 Å². The Balaban J connectivity index is 1.54. The minimum Gasteiger partial charge on any atom is -0.273 e. The van der Waals surface area contributed by atoms with Crippen molar-refractivity contribution in [3.63, 3.8) is 0 Å². The van der Waals surface area contributed by atoms with E-state index in [1.165, 1.54) is 0 Å². The van der Waals surface area contributed by atoms with Crippen molar-refractivity contribution in [3.05, 3.63) is 83.4 Å². The molecule has 4 rings (SSSR count). The van der Waals surface area contributed by atoms with Crippen LogP contribution in [0.25, 0.3) is 5.78 Å². The van der Waals surface area contributed by atoms with Gasteiger partial charge in [0.2, 0.25) is 5.91 Å². The maximum atomic E-state index is 13.0. The Bertz CT molecular complexity index is 1230. The van der Waals surface area contributed by atoms with Gasteiger partial charge in [-0.3, -0.25) is 15.2 Å². The summed E-state index contributed by atoms with van der Waals surface area (Å²) in [7, 11) is 0. The number of amides is 1. The molecule has 7 nitrogen and oxygen atoms in total. The number of hydrogen-bond donors (Lipinski definition) is 1. The summed E-state index contributed by atoms with van der Waals surface area (Å²) in [6.45, 7) is 3.33. The SMILES string of the molecule is Cc1nc2nc(C(F)(F)F)nn2c(C)c1CCC(=O)NN(c1ccccc1)c1ccccc1. The van der Waals surface area contributed by atoms with E-state index >= 15 is 0 Å². The zero-order chi connectivity index (χ0) is 23.6. The number of para-hydroxylation sites is 2. The number of halogens is 3. The molecular weight excluding hydrogens is 433 g/mol. The van der Waals surface area contributed by atoms with Gasteiger partial charge in [-0.25, -0.2) is 9.50 Å². The van der Waals surface area contributed by atoms with Crippen molar-refractivity contribution in [1.29, 1.82) is 0 Å². The normalized spacial score (nSPS) is 11.5. The van der Waals surface area contributed by atoms with Gasteiger partial charge in [0.1, 0.15) is 0 Å². The zero-order valence-electron chi connectivity index (χ0n) is 18.0. The molecule has 2 aromatic heterocycles. The van der Waals surface area contributed by atoms with Gasteiger partial charge < -0.3 is 0 Å². The number of aryl methyl sites for hydroxylation is 2. The van der Waals surface area contributed by atoms with E-state index in [2.05, 4.69) is 20.5 Å². The van der Waals surface area contributed by atoms with E-state index < -0.39 is 12.0 Å². The number of hydrogen-bond acceptors (Lipinski definition) is 5. The molecule has 0 unspecified atom stereocenters. The van der Waals surface area contributed by atoms with E-state index in [9.17, 15) is 18.0 Å². The predicted octanol–water partition coefficient (Wildman–Crippen LogP) is 4.56. The van der Waals surface area contributed by atoms with Crippen LogP contribution in [0.5, 0.6) is 0 Å². The lowest BCUT2D eigenvalue weighted by Crippen LogP contribution is -2.39. The van der Waals surface area contributed by atoms with Crippen molar-refractivity contribution in [3.8, 4) is 0 Å². The maximum Gasteiger partial charge on any atom is 0.453 e. The van der Waals surface area contributed by atoms with Crippen molar-refractivity contribution >= 4 is 23.1 Å². The summed E-state index contributed by atoms with van der Waals surface area (Å²) in [5.74, 6) is -1.62. The lowest BCUT2D eigenvalue weighted by molar-refractivity contribution is -0.144. The summed E-state index contributed by atoms with van der Waals surface area (Å²) >= 11 is 0. The third-order valence-corrected chi connectivity index (χ3v) is 5.17. The Morgan fingerprint density at radius 3 is 2.09 bits per heavy atom. The van der Waals surface area contributed by atoms with Gasteiger partial charge in [-0.1, -0.05) is 36.4 Å². The number of benzene rings is 2. The Kier molecular flexibility index (Phi) is 5.99. The summed E-state index contributed by atoms with van der Waals surface area (Å²) in [6, 6.07) is 18.8. The number of fused-ring (bicyclic) bond motifs is 1. The second-order valence-electron chi connectivity index (χ2n) is 7.45. The number of rotatable bonds is 6. The third-order valence-electron chi connectivity index (χ3n) is 5.17. The quantitative estimate of drug-likeness (QED) is 0.432. The molecule has 0 fully saturated rings. The Morgan fingerprint density at radius 1 is 0.970 bits per heavy atom. The largest absolute Gasteiger partial charge is 0.453 e. The van der Waals surface area contributed by atoms with Crippen molar-refractivity contribution in [2.24, 2.45) is 0 Å². The van der Waals surface area contributed by atoms with Crippen LogP contribution in [0.15, 0.2) is 60.7 Å². The van der Waals surface area contributed by atoms with Gasteiger partial charge in [-0.2, -0.15) is 18.2 Å². The van der Waals surface area contributed by atoms with E-state index in [1.54, 1.807) is 18.9 Å². The van der Waals surface area contributed by atoms with Crippen molar-refractivity contribution < 1.29 is 18.0 Å². The van der Waals surface area contributed by atoms with Gasteiger partial charge in [0, 0.05) is 17.8 Å². The summed E-state index contributed by atoms with van der Waals surface area (Å²) in [5.41, 5.74) is 6.12. The molecule has 1 N–H and O–H groups in total. The van der Waals surface area contributed by atoms with Crippen LogP contribution < -0.4 is 10.4 Å². The van der Waals surface area contributed by atoms with E-state index in [-0.39, 0.29) is 24.5 Å². The highest BCUT2D eigenvalue weighted by atomic mass is 19.4. The fourth-order valence-electron chi connectivity index (χ4n) is 3.54. The number of carbonyl (C=O) groups is 1. The number of alkyl halides is 3. The first kappa shape index (κ1) is 22.3. The van der Waals surface area contributed by atoms with Crippen LogP contribution in [-0.2, 0) is 17.4 Å². The van der Waals surface area contributed by atoms with E-state index in [4.69, 9.17) is 0 Å². The standard InChI is InChI=1S/C23H21F3N6O/c1-15-19(16(2)31-22(27-15)28-21(30-31)23(24,25)26)13-14-20(33)29-32(17-9-5-3-6-10-17)18-11-7-4-8-12-18/h3-12H,13-14H2,1-2H3,(H,29,33). The average molecular weight is 454 g/mol. The van der Waals surface area contributed by atoms with E-state index in [0.29, 0.717) is 17.0 Å². The van der Waals surface area contributed by atoms with Crippen molar-refractivity contribution in [1.82, 2.24) is 25.0 Å². The molecule has 0 saturated carbocycles. The molecule has 2 heterocycles. The minimum absolute atomic E-state index is 0.103. The fourth-order valence-corrected chi connectivity index (χ4v) is 3.54. The van der Waals surface area contributed by atoms with E-state index in [1.807, 2.05) is 60.7 Å². The van der Waals surface area contributed by atoms with Gasteiger partial charge in [-0.15, -0.1) is 5.10 Å². The summed E-state index contributed by atoms with van der Waals surface area (Å²) in [5, 5.41) is 5.24. The first-order valence-corrected chi connectivity index (χ1v) is 10.2. The topological polar surface area (TPSA) is 75.4 Å². The third kappa shape index (κ3) is 4.79.